The molecule has 1 aromatic carbocycles. The number of piperidine rings is 1. The van der Waals surface area contributed by atoms with Gasteiger partial charge in [-0.15, -0.1) is 0 Å². The van der Waals surface area contributed by atoms with Crippen LogP contribution in [-0.2, 0) is 4.79 Å². The highest BCUT2D eigenvalue weighted by Crippen LogP contribution is 2.23. The summed E-state index contributed by atoms with van der Waals surface area (Å²) in [7, 11) is 0. The zero-order valence-electron chi connectivity index (χ0n) is 11.2. The van der Waals surface area contributed by atoms with Crippen molar-refractivity contribution < 1.29 is 19.1 Å². The maximum Gasteiger partial charge on any atom is 0.254 e. The maximum atomic E-state index is 13.3. The van der Waals surface area contributed by atoms with Gasteiger partial charge in [-0.05, 0) is 37.5 Å². The zero-order valence-corrected chi connectivity index (χ0v) is 11.2. The molecule has 3 N–H and O–H groups in total. The largest absolute Gasteiger partial charge is 0.378 e. The van der Waals surface area contributed by atoms with Gasteiger partial charge in [0.1, 0.15) is 5.82 Å². The summed E-state index contributed by atoms with van der Waals surface area (Å²) in [6, 6.07) is 3.96. The number of aliphatic hydroxyl groups is 1. The molecule has 2 rings (SSSR count). The highest BCUT2D eigenvalue weighted by Gasteiger charge is 2.40. The fourth-order valence-corrected chi connectivity index (χ4v) is 2.41. The van der Waals surface area contributed by atoms with Crippen LogP contribution in [0.1, 0.15) is 28.8 Å². The number of amides is 2. The normalized spacial score (nSPS) is 22.6. The molecule has 6 heteroatoms. The first kappa shape index (κ1) is 14.5. The van der Waals surface area contributed by atoms with Crippen molar-refractivity contribution in [2.45, 2.75) is 25.4 Å². The highest BCUT2D eigenvalue weighted by atomic mass is 19.1. The Morgan fingerprint density at radius 2 is 2.15 bits per heavy atom. The Kier molecular flexibility index (Phi) is 3.76. The number of benzene rings is 1. The molecule has 1 aromatic rings. The van der Waals surface area contributed by atoms with Crippen LogP contribution in [0.2, 0.25) is 0 Å². The molecular weight excluding hydrogens is 263 g/mol. The Balaban J connectivity index is 2.25. The standard InChI is InChI=1S/C14H17FN2O3/c1-9-3-4-10(15)7-11(9)12(18)17-6-2-5-14(20,8-17)13(16)19/h3-4,7,20H,2,5-6,8H2,1H3,(H2,16,19)/t14-/m0/s1. The van der Waals surface area contributed by atoms with Crippen LogP contribution in [-0.4, -0.2) is 40.5 Å². The van der Waals surface area contributed by atoms with E-state index in [2.05, 4.69) is 0 Å². The summed E-state index contributed by atoms with van der Waals surface area (Å²) in [5, 5.41) is 10.1. The molecule has 20 heavy (non-hydrogen) atoms. The third-order valence-electron chi connectivity index (χ3n) is 3.65. The highest BCUT2D eigenvalue weighted by molar-refractivity contribution is 5.96. The van der Waals surface area contributed by atoms with Gasteiger partial charge in [-0.25, -0.2) is 4.39 Å². The second-order valence-electron chi connectivity index (χ2n) is 5.19. The quantitative estimate of drug-likeness (QED) is 0.831. The molecule has 0 radical (unpaired) electrons. The van der Waals surface area contributed by atoms with Gasteiger partial charge < -0.3 is 15.7 Å². The molecule has 1 saturated heterocycles. The smallest absolute Gasteiger partial charge is 0.254 e. The van der Waals surface area contributed by atoms with E-state index < -0.39 is 23.2 Å². The lowest BCUT2D eigenvalue weighted by Gasteiger charge is -2.37. The summed E-state index contributed by atoms with van der Waals surface area (Å²) in [5.41, 5.74) is 4.35. The maximum absolute atomic E-state index is 13.3. The summed E-state index contributed by atoms with van der Waals surface area (Å²) in [6.45, 7) is 1.96. The van der Waals surface area contributed by atoms with Crippen LogP contribution < -0.4 is 5.73 Å². The summed E-state index contributed by atoms with van der Waals surface area (Å²) >= 11 is 0. The number of primary amides is 1. The van der Waals surface area contributed by atoms with Gasteiger partial charge in [0.05, 0.1) is 6.54 Å². The van der Waals surface area contributed by atoms with E-state index in [4.69, 9.17) is 5.73 Å². The number of nitrogens with two attached hydrogens (primary N) is 1. The zero-order chi connectivity index (χ0) is 14.9. The number of nitrogens with zero attached hydrogens (tertiary/aromatic N) is 1. The minimum absolute atomic E-state index is 0.156. The summed E-state index contributed by atoms with van der Waals surface area (Å²) in [4.78, 5) is 25.0. The van der Waals surface area contributed by atoms with Crippen LogP contribution in [0.4, 0.5) is 4.39 Å². The van der Waals surface area contributed by atoms with Crippen molar-refractivity contribution >= 4 is 11.8 Å². The van der Waals surface area contributed by atoms with Crippen molar-refractivity contribution in [3.05, 3.63) is 35.1 Å². The lowest BCUT2D eigenvalue weighted by molar-refractivity contribution is -0.140. The molecule has 2 amide bonds. The monoisotopic (exact) mass is 280 g/mol. The molecule has 0 aliphatic carbocycles. The number of aryl methyl sites for hydroxylation is 1. The van der Waals surface area contributed by atoms with Crippen LogP contribution in [0.5, 0.6) is 0 Å². The third kappa shape index (κ3) is 2.65. The van der Waals surface area contributed by atoms with Gasteiger partial charge in [0, 0.05) is 12.1 Å². The van der Waals surface area contributed by atoms with Crippen LogP contribution in [0.25, 0.3) is 0 Å². The predicted molar refractivity (Wildman–Crippen MR) is 70.4 cm³/mol. The number of likely N-dealkylation sites (tertiary alicyclic amines) is 1. The van der Waals surface area contributed by atoms with E-state index in [1.165, 1.54) is 17.0 Å². The molecule has 5 nitrogen and oxygen atoms in total. The summed E-state index contributed by atoms with van der Waals surface area (Å²) < 4.78 is 13.3. The van der Waals surface area contributed by atoms with E-state index in [0.717, 1.165) is 6.07 Å². The molecule has 1 fully saturated rings. The van der Waals surface area contributed by atoms with Gasteiger partial charge in [-0.3, -0.25) is 9.59 Å². The van der Waals surface area contributed by atoms with Gasteiger partial charge in [0.2, 0.25) is 0 Å². The molecule has 108 valence electrons. The molecule has 1 atom stereocenters. The molecule has 0 unspecified atom stereocenters. The van der Waals surface area contributed by atoms with Crippen molar-refractivity contribution in [1.29, 1.82) is 0 Å². The van der Waals surface area contributed by atoms with Crippen LogP contribution in [0.15, 0.2) is 18.2 Å². The second-order valence-corrected chi connectivity index (χ2v) is 5.19. The number of carbonyl (C=O) groups excluding carboxylic acids is 2. The summed E-state index contributed by atoms with van der Waals surface area (Å²) in [6.07, 6.45) is 0.702. The van der Waals surface area contributed by atoms with E-state index in [9.17, 15) is 19.1 Å². The van der Waals surface area contributed by atoms with Gasteiger partial charge >= 0.3 is 0 Å². The van der Waals surface area contributed by atoms with Crippen LogP contribution >= 0.6 is 0 Å². The number of rotatable bonds is 2. The number of hydrogen-bond acceptors (Lipinski definition) is 3. The Morgan fingerprint density at radius 1 is 1.45 bits per heavy atom. The molecule has 0 bridgehead atoms. The SMILES string of the molecule is Cc1ccc(F)cc1C(=O)N1CCC[C@@](O)(C(N)=O)C1. The Bertz CT molecular complexity index is 561. The van der Waals surface area contributed by atoms with Crippen molar-refractivity contribution in [3.63, 3.8) is 0 Å². The average molecular weight is 280 g/mol. The molecule has 0 spiro atoms. The van der Waals surface area contributed by atoms with E-state index in [-0.39, 0.29) is 18.5 Å². The molecular formula is C14H17FN2O3. The number of β-amino-alcohol motifs (C(OH)–C–C–N with tert-alkyl or cyclic N) is 1. The van der Waals surface area contributed by atoms with Crippen LogP contribution in [0.3, 0.4) is 0 Å². The Morgan fingerprint density at radius 3 is 2.80 bits per heavy atom. The van der Waals surface area contributed by atoms with Gasteiger partial charge in [-0.2, -0.15) is 0 Å². The lowest BCUT2D eigenvalue weighted by atomic mass is 9.91. The van der Waals surface area contributed by atoms with Gasteiger partial charge in [-0.1, -0.05) is 6.07 Å². The number of hydrogen-bond donors (Lipinski definition) is 2. The van der Waals surface area contributed by atoms with Crippen molar-refractivity contribution in [2.24, 2.45) is 5.73 Å². The molecule has 1 aliphatic heterocycles. The van der Waals surface area contributed by atoms with Gasteiger partial charge in [0.25, 0.3) is 11.8 Å². The number of halogens is 1. The Labute approximate surface area is 116 Å². The van der Waals surface area contributed by atoms with Gasteiger partial charge in [0.15, 0.2) is 5.60 Å². The molecule has 0 aromatic heterocycles. The fraction of sp³-hybridized carbons (Fsp3) is 0.429. The first-order valence-electron chi connectivity index (χ1n) is 6.41. The molecule has 1 heterocycles. The first-order chi connectivity index (χ1) is 9.33. The fourth-order valence-electron chi connectivity index (χ4n) is 2.41. The minimum Gasteiger partial charge on any atom is -0.378 e. The summed E-state index contributed by atoms with van der Waals surface area (Å²) in [5.74, 6) is -1.74. The molecule has 0 saturated carbocycles. The molecule has 1 aliphatic rings. The second kappa shape index (κ2) is 5.20. The van der Waals surface area contributed by atoms with Crippen molar-refractivity contribution in [1.82, 2.24) is 4.90 Å². The van der Waals surface area contributed by atoms with E-state index in [1.54, 1.807) is 6.92 Å². The van der Waals surface area contributed by atoms with Crippen LogP contribution in [0, 0.1) is 12.7 Å². The topological polar surface area (TPSA) is 83.6 Å². The minimum atomic E-state index is -1.70. The lowest BCUT2D eigenvalue weighted by Crippen LogP contribution is -2.57. The van der Waals surface area contributed by atoms with E-state index >= 15 is 0 Å². The predicted octanol–water partition coefficient (Wildman–Crippen LogP) is 0.587. The third-order valence-corrected chi connectivity index (χ3v) is 3.65. The van der Waals surface area contributed by atoms with Crippen molar-refractivity contribution in [2.75, 3.05) is 13.1 Å². The van der Waals surface area contributed by atoms with Crippen molar-refractivity contribution in [3.8, 4) is 0 Å². The Hall–Kier alpha value is -1.95. The average Bonchev–Trinajstić information content (AvgIpc) is 2.40. The first-order valence-corrected chi connectivity index (χ1v) is 6.41. The number of carbonyl (C=O) groups is 2. The van der Waals surface area contributed by atoms with E-state index in [1.807, 2.05) is 0 Å². The van der Waals surface area contributed by atoms with E-state index in [0.29, 0.717) is 18.5 Å².